The predicted octanol–water partition coefficient (Wildman–Crippen LogP) is 6.08. The molecule has 1 aliphatic heterocycles. The fourth-order valence-corrected chi connectivity index (χ4v) is 4.43. The first-order valence-corrected chi connectivity index (χ1v) is 8.90. The van der Waals surface area contributed by atoms with Crippen LogP contribution in [0.25, 0.3) is 0 Å². The molecule has 0 unspecified atom stereocenters. The van der Waals surface area contributed by atoms with Crippen molar-refractivity contribution in [1.29, 1.82) is 0 Å². The molecule has 3 aromatic carbocycles. The van der Waals surface area contributed by atoms with Crippen molar-refractivity contribution < 1.29 is 0 Å². The quantitative estimate of drug-likeness (QED) is 0.615. The van der Waals surface area contributed by atoms with E-state index in [0.29, 0.717) is 11.3 Å². The van der Waals surface area contributed by atoms with E-state index in [1.54, 1.807) is 0 Å². The minimum atomic E-state index is 0.331. The third kappa shape index (κ3) is 3.13. The van der Waals surface area contributed by atoms with Crippen LogP contribution in [0.4, 0.5) is 5.69 Å². The van der Waals surface area contributed by atoms with Crippen molar-refractivity contribution in [3.8, 4) is 0 Å². The zero-order valence-corrected chi connectivity index (χ0v) is 13.7. The molecule has 4 rings (SSSR count). The molecule has 1 N–H and O–H groups in total. The van der Waals surface area contributed by atoms with Crippen LogP contribution in [0.1, 0.15) is 28.8 Å². The zero-order chi connectivity index (χ0) is 15.5. The largest absolute Gasteiger partial charge is 0.377 e. The average Bonchev–Trinajstić information content (AvgIpc) is 2.83. The Hall–Kier alpha value is -2.19. The van der Waals surface area contributed by atoms with Crippen molar-refractivity contribution in [1.82, 2.24) is 0 Å². The van der Waals surface area contributed by atoms with E-state index in [4.69, 9.17) is 0 Å². The molecular weight excluding hydrogens is 298 g/mol. The maximum absolute atomic E-state index is 3.75. The highest BCUT2D eigenvalue weighted by atomic mass is 32.2. The number of hydrogen-bond donors (Lipinski definition) is 1. The first-order chi connectivity index (χ1) is 11.4. The Morgan fingerprint density at radius 2 is 1.30 bits per heavy atom. The Bertz CT molecular complexity index is 704. The molecule has 2 heteroatoms. The highest BCUT2D eigenvalue weighted by molar-refractivity contribution is 7.99. The molecule has 0 fully saturated rings. The topological polar surface area (TPSA) is 12.0 Å². The molecule has 1 heterocycles. The summed E-state index contributed by atoms with van der Waals surface area (Å²) in [6, 6.07) is 30.6. The number of hydrogen-bond acceptors (Lipinski definition) is 2. The highest BCUT2D eigenvalue weighted by Crippen LogP contribution is 2.47. The zero-order valence-electron chi connectivity index (χ0n) is 12.9. The molecule has 3 aromatic rings. The maximum Gasteiger partial charge on any atom is 0.0528 e. The van der Waals surface area contributed by atoms with Crippen molar-refractivity contribution in [2.45, 2.75) is 22.6 Å². The van der Waals surface area contributed by atoms with Crippen molar-refractivity contribution in [3.05, 3.63) is 96.1 Å². The van der Waals surface area contributed by atoms with Gasteiger partial charge in [-0.3, -0.25) is 0 Å². The van der Waals surface area contributed by atoms with E-state index in [9.17, 15) is 0 Å². The van der Waals surface area contributed by atoms with Gasteiger partial charge in [0.15, 0.2) is 0 Å². The van der Waals surface area contributed by atoms with Gasteiger partial charge in [-0.2, -0.15) is 0 Å². The third-order valence-corrected chi connectivity index (χ3v) is 5.67. The number of thioether (sulfide) groups is 1. The lowest BCUT2D eigenvalue weighted by atomic mass is 9.98. The number of rotatable bonds is 2. The van der Waals surface area contributed by atoms with E-state index < -0.39 is 0 Å². The highest BCUT2D eigenvalue weighted by Gasteiger charge is 2.25. The van der Waals surface area contributed by atoms with E-state index in [-0.39, 0.29) is 0 Å². The fourth-order valence-electron chi connectivity index (χ4n) is 3.13. The van der Waals surface area contributed by atoms with Crippen LogP contribution in [0.2, 0.25) is 0 Å². The Balaban J connectivity index is 1.74. The van der Waals surface area contributed by atoms with Gasteiger partial charge >= 0.3 is 0 Å². The van der Waals surface area contributed by atoms with Gasteiger partial charge in [0.1, 0.15) is 0 Å². The maximum atomic E-state index is 3.75. The lowest BCUT2D eigenvalue weighted by molar-refractivity contribution is 0.687. The summed E-state index contributed by atoms with van der Waals surface area (Å²) in [5.74, 6) is 0. The Kier molecular flexibility index (Phi) is 4.08. The van der Waals surface area contributed by atoms with E-state index >= 15 is 0 Å². The van der Waals surface area contributed by atoms with Crippen molar-refractivity contribution >= 4 is 17.4 Å². The standard InChI is InChI=1S/C21H19NS/c1-3-9-16(10-4-1)19-15-21(17-11-5-2-6-12-17)23-20-14-8-7-13-18(20)22-19/h1-14,19,21-22H,15H2/t19-,21-/m0/s1. The molecule has 0 aromatic heterocycles. The van der Waals surface area contributed by atoms with E-state index in [1.165, 1.54) is 21.7 Å². The second-order valence-corrected chi connectivity index (χ2v) is 7.10. The Morgan fingerprint density at radius 3 is 2.04 bits per heavy atom. The van der Waals surface area contributed by atoms with Gasteiger partial charge in [0.2, 0.25) is 0 Å². The smallest absolute Gasteiger partial charge is 0.0528 e. The summed E-state index contributed by atoms with van der Waals surface area (Å²) in [5.41, 5.74) is 3.99. The minimum Gasteiger partial charge on any atom is -0.377 e. The number of para-hydroxylation sites is 1. The summed E-state index contributed by atoms with van der Waals surface area (Å²) in [6.45, 7) is 0. The molecule has 0 spiro atoms. The van der Waals surface area contributed by atoms with Gasteiger partial charge in [0, 0.05) is 15.8 Å². The SMILES string of the molecule is c1ccc([C@@H]2C[C@@H](c3ccccc3)Sc3ccccc3N2)cc1. The van der Waals surface area contributed by atoms with E-state index in [1.807, 2.05) is 11.8 Å². The molecular formula is C21H19NS. The van der Waals surface area contributed by atoms with Gasteiger partial charge in [0.05, 0.1) is 6.04 Å². The summed E-state index contributed by atoms with van der Waals surface area (Å²) in [6.07, 6.45) is 1.08. The van der Waals surface area contributed by atoms with Gasteiger partial charge < -0.3 is 5.32 Å². The molecule has 0 saturated carbocycles. The normalized spacial score (nSPS) is 20.2. The van der Waals surface area contributed by atoms with Crippen LogP contribution in [0, 0.1) is 0 Å². The van der Waals surface area contributed by atoms with Crippen LogP contribution < -0.4 is 5.32 Å². The first-order valence-electron chi connectivity index (χ1n) is 8.02. The van der Waals surface area contributed by atoms with Crippen LogP contribution in [0.15, 0.2) is 89.8 Å². The summed E-state index contributed by atoms with van der Waals surface area (Å²) >= 11 is 1.97. The van der Waals surface area contributed by atoms with Crippen LogP contribution >= 0.6 is 11.8 Å². The molecule has 0 aliphatic carbocycles. The van der Waals surface area contributed by atoms with Gasteiger partial charge in [-0.05, 0) is 29.7 Å². The molecule has 23 heavy (non-hydrogen) atoms. The fraction of sp³-hybridized carbons (Fsp3) is 0.143. The van der Waals surface area contributed by atoms with Gasteiger partial charge in [-0.25, -0.2) is 0 Å². The third-order valence-electron chi connectivity index (χ3n) is 4.31. The van der Waals surface area contributed by atoms with Gasteiger partial charge in [-0.1, -0.05) is 72.8 Å². The monoisotopic (exact) mass is 317 g/mol. The van der Waals surface area contributed by atoms with Gasteiger partial charge in [0.25, 0.3) is 0 Å². The van der Waals surface area contributed by atoms with Crippen LogP contribution in [0.3, 0.4) is 0 Å². The van der Waals surface area contributed by atoms with Crippen LogP contribution in [-0.2, 0) is 0 Å². The molecule has 0 radical (unpaired) electrons. The van der Waals surface area contributed by atoms with E-state index in [0.717, 1.165) is 6.42 Å². The number of fused-ring (bicyclic) bond motifs is 1. The second kappa shape index (κ2) is 6.51. The Labute approximate surface area is 141 Å². The minimum absolute atomic E-state index is 0.331. The summed E-state index contributed by atoms with van der Waals surface area (Å²) < 4.78 is 0. The van der Waals surface area contributed by atoms with Crippen molar-refractivity contribution in [2.24, 2.45) is 0 Å². The first kappa shape index (κ1) is 14.4. The van der Waals surface area contributed by atoms with E-state index in [2.05, 4.69) is 90.2 Å². The number of anilines is 1. The molecule has 1 aliphatic rings. The summed E-state index contributed by atoms with van der Waals surface area (Å²) in [7, 11) is 0. The average molecular weight is 317 g/mol. The van der Waals surface area contributed by atoms with Crippen LogP contribution in [-0.4, -0.2) is 0 Å². The van der Waals surface area contributed by atoms with Gasteiger partial charge in [-0.15, -0.1) is 11.8 Å². The van der Waals surface area contributed by atoms with Crippen LogP contribution in [0.5, 0.6) is 0 Å². The molecule has 2 atom stereocenters. The predicted molar refractivity (Wildman–Crippen MR) is 98.9 cm³/mol. The lowest BCUT2D eigenvalue weighted by Gasteiger charge is -2.21. The second-order valence-electron chi connectivity index (χ2n) is 5.86. The lowest BCUT2D eigenvalue weighted by Crippen LogP contribution is -2.11. The van der Waals surface area contributed by atoms with Crippen molar-refractivity contribution in [2.75, 3.05) is 5.32 Å². The summed E-state index contributed by atoms with van der Waals surface area (Å²) in [4.78, 5) is 1.33. The number of benzene rings is 3. The molecule has 114 valence electrons. The Morgan fingerprint density at radius 1 is 0.696 bits per heavy atom. The number of nitrogens with one attached hydrogen (secondary N) is 1. The van der Waals surface area contributed by atoms with Crippen molar-refractivity contribution in [3.63, 3.8) is 0 Å². The molecule has 0 bridgehead atoms. The molecule has 0 amide bonds. The molecule has 0 saturated heterocycles. The molecule has 1 nitrogen and oxygen atoms in total. The summed E-state index contributed by atoms with van der Waals surface area (Å²) in [5, 5.41) is 4.21.